The lowest BCUT2D eigenvalue weighted by atomic mass is 10.0. The first kappa shape index (κ1) is 13.8. The fourth-order valence-electron chi connectivity index (χ4n) is 1.20. The fraction of sp³-hybridized carbons (Fsp3) is 0.900. The number of hydrogen-bond donors (Lipinski definition) is 2. The van der Waals surface area contributed by atoms with E-state index in [0.717, 1.165) is 11.5 Å². The van der Waals surface area contributed by atoms with Crippen molar-refractivity contribution in [2.24, 2.45) is 5.92 Å². The van der Waals surface area contributed by atoms with Crippen molar-refractivity contribution in [2.75, 3.05) is 11.5 Å². The average Bonchev–Trinajstić information content (AvgIpc) is 2.09. The van der Waals surface area contributed by atoms with Crippen molar-refractivity contribution in [2.45, 2.75) is 39.8 Å². The highest BCUT2D eigenvalue weighted by Gasteiger charge is 2.22. The Hall–Kier alpha value is -0.220. The third-order valence-electron chi connectivity index (χ3n) is 1.97. The number of carboxylic acid groups (broad SMARTS) is 1. The van der Waals surface area contributed by atoms with Crippen LogP contribution in [0.4, 0.5) is 0 Å². The van der Waals surface area contributed by atoms with Crippen molar-refractivity contribution >= 4 is 17.7 Å². The minimum Gasteiger partial charge on any atom is -0.480 e. The lowest BCUT2D eigenvalue weighted by molar-refractivity contribution is -0.140. The highest BCUT2D eigenvalue weighted by Crippen LogP contribution is 2.06. The van der Waals surface area contributed by atoms with Gasteiger partial charge in [0.2, 0.25) is 0 Å². The van der Waals surface area contributed by atoms with Crippen LogP contribution in [0.15, 0.2) is 0 Å². The molecule has 84 valence electrons. The molecule has 0 radical (unpaired) electrons. The molecule has 4 heteroatoms. The zero-order chi connectivity index (χ0) is 11.1. The van der Waals surface area contributed by atoms with Crippen LogP contribution in [0.3, 0.4) is 0 Å². The van der Waals surface area contributed by atoms with Gasteiger partial charge in [0.05, 0.1) is 0 Å². The standard InChI is InChI=1S/C10H21NO2S/c1-5-14-6-8(4)11-9(7(2)3)10(12)13/h7-9,11H,5-6H2,1-4H3,(H,12,13). The molecule has 0 amide bonds. The molecule has 0 spiro atoms. The van der Waals surface area contributed by atoms with Gasteiger partial charge in [-0.15, -0.1) is 0 Å². The van der Waals surface area contributed by atoms with E-state index in [1.54, 1.807) is 0 Å². The molecule has 0 saturated carbocycles. The fourth-order valence-corrected chi connectivity index (χ4v) is 1.88. The molecule has 2 unspecified atom stereocenters. The van der Waals surface area contributed by atoms with Crippen molar-refractivity contribution in [1.82, 2.24) is 5.32 Å². The number of nitrogens with one attached hydrogen (secondary N) is 1. The Morgan fingerprint density at radius 2 is 2.00 bits per heavy atom. The number of carboxylic acids is 1. The summed E-state index contributed by atoms with van der Waals surface area (Å²) >= 11 is 1.83. The zero-order valence-electron chi connectivity index (χ0n) is 9.41. The summed E-state index contributed by atoms with van der Waals surface area (Å²) in [6.45, 7) is 7.98. The molecule has 0 saturated heterocycles. The maximum Gasteiger partial charge on any atom is 0.320 e. The summed E-state index contributed by atoms with van der Waals surface area (Å²) < 4.78 is 0. The van der Waals surface area contributed by atoms with Crippen LogP contribution >= 0.6 is 11.8 Å². The molecule has 0 aromatic heterocycles. The minimum absolute atomic E-state index is 0.126. The van der Waals surface area contributed by atoms with Gasteiger partial charge in [0.25, 0.3) is 0 Å². The van der Waals surface area contributed by atoms with E-state index < -0.39 is 12.0 Å². The smallest absolute Gasteiger partial charge is 0.320 e. The summed E-state index contributed by atoms with van der Waals surface area (Å²) in [5.41, 5.74) is 0. The van der Waals surface area contributed by atoms with Gasteiger partial charge >= 0.3 is 5.97 Å². The molecule has 2 atom stereocenters. The topological polar surface area (TPSA) is 49.3 Å². The van der Waals surface area contributed by atoms with Gasteiger partial charge in [-0.3, -0.25) is 4.79 Å². The molecule has 3 nitrogen and oxygen atoms in total. The van der Waals surface area contributed by atoms with Gasteiger partial charge in [0.1, 0.15) is 6.04 Å². The van der Waals surface area contributed by atoms with Crippen LogP contribution in [-0.4, -0.2) is 34.7 Å². The van der Waals surface area contributed by atoms with Crippen LogP contribution < -0.4 is 5.32 Å². The van der Waals surface area contributed by atoms with Gasteiger partial charge in [-0.2, -0.15) is 11.8 Å². The SMILES string of the molecule is CCSCC(C)NC(C(=O)O)C(C)C. The second-order valence-corrected chi connectivity index (χ2v) is 5.11. The number of thioether (sulfide) groups is 1. The van der Waals surface area contributed by atoms with E-state index in [1.807, 2.05) is 32.5 Å². The summed E-state index contributed by atoms with van der Waals surface area (Å²) in [4.78, 5) is 10.9. The molecule has 0 heterocycles. The first-order valence-corrected chi connectivity index (χ1v) is 6.21. The lowest BCUT2D eigenvalue weighted by Gasteiger charge is -2.22. The van der Waals surface area contributed by atoms with Gasteiger partial charge in [0, 0.05) is 11.8 Å². The first-order valence-electron chi connectivity index (χ1n) is 5.05. The van der Waals surface area contributed by atoms with Gasteiger partial charge in [0.15, 0.2) is 0 Å². The molecule has 0 rings (SSSR count). The van der Waals surface area contributed by atoms with Gasteiger partial charge in [-0.1, -0.05) is 20.8 Å². The Kier molecular flexibility index (Phi) is 7.01. The maximum absolute atomic E-state index is 10.9. The Balaban J connectivity index is 3.96. The van der Waals surface area contributed by atoms with Crippen LogP contribution in [0.2, 0.25) is 0 Å². The Morgan fingerprint density at radius 1 is 1.43 bits per heavy atom. The molecule has 14 heavy (non-hydrogen) atoms. The maximum atomic E-state index is 10.9. The largest absolute Gasteiger partial charge is 0.480 e. The van der Waals surface area contributed by atoms with Gasteiger partial charge < -0.3 is 10.4 Å². The first-order chi connectivity index (χ1) is 6.49. The van der Waals surface area contributed by atoms with E-state index in [0.29, 0.717) is 0 Å². The normalized spacial score (nSPS) is 15.5. The number of rotatable bonds is 7. The van der Waals surface area contributed by atoms with Crippen molar-refractivity contribution in [1.29, 1.82) is 0 Å². The third kappa shape index (κ3) is 5.50. The second-order valence-electron chi connectivity index (χ2n) is 3.79. The van der Waals surface area contributed by atoms with Crippen LogP contribution in [0.1, 0.15) is 27.7 Å². The molecular formula is C10H21NO2S. The minimum atomic E-state index is -0.756. The molecule has 0 aliphatic heterocycles. The highest BCUT2D eigenvalue weighted by atomic mass is 32.2. The highest BCUT2D eigenvalue weighted by molar-refractivity contribution is 7.99. The van der Waals surface area contributed by atoms with Crippen molar-refractivity contribution < 1.29 is 9.90 Å². The molecular weight excluding hydrogens is 198 g/mol. The van der Waals surface area contributed by atoms with E-state index >= 15 is 0 Å². The number of carbonyl (C=O) groups is 1. The van der Waals surface area contributed by atoms with E-state index in [2.05, 4.69) is 12.2 Å². The van der Waals surface area contributed by atoms with Crippen LogP contribution in [-0.2, 0) is 4.79 Å². The quantitative estimate of drug-likeness (QED) is 0.686. The summed E-state index contributed by atoms with van der Waals surface area (Å²) in [5, 5.41) is 12.1. The van der Waals surface area contributed by atoms with E-state index in [1.165, 1.54) is 0 Å². The molecule has 0 bridgehead atoms. The van der Waals surface area contributed by atoms with Crippen molar-refractivity contribution in [3.63, 3.8) is 0 Å². The molecule has 0 aliphatic rings. The van der Waals surface area contributed by atoms with Crippen LogP contribution in [0.25, 0.3) is 0 Å². The summed E-state index contributed by atoms with van der Waals surface area (Å²) in [7, 11) is 0. The summed E-state index contributed by atoms with van der Waals surface area (Å²) in [6.07, 6.45) is 0. The monoisotopic (exact) mass is 219 g/mol. The van der Waals surface area contributed by atoms with Gasteiger partial charge in [-0.05, 0) is 18.6 Å². The van der Waals surface area contributed by atoms with Crippen molar-refractivity contribution in [3.05, 3.63) is 0 Å². The Morgan fingerprint density at radius 3 is 2.36 bits per heavy atom. The average molecular weight is 219 g/mol. The van der Waals surface area contributed by atoms with Crippen LogP contribution in [0, 0.1) is 5.92 Å². The predicted octanol–water partition coefficient (Wildman–Crippen LogP) is 1.83. The van der Waals surface area contributed by atoms with Crippen molar-refractivity contribution in [3.8, 4) is 0 Å². The van der Waals surface area contributed by atoms with Gasteiger partial charge in [-0.25, -0.2) is 0 Å². The summed E-state index contributed by atoms with van der Waals surface area (Å²) in [5.74, 6) is 1.41. The summed E-state index contributed by atoms with van der Waals surface area (Å²) in [6, 6.07) is -0.175. The van der Waals surface area contributed by atoms with E-state index in [4.69, 9.17) is 5.11 Å². The Labute approximate surface area is 90.7 Å². The molecule has 0 aromatic carbocycles. The Bertz CT molecular complexity index is 174. The van der Waals surface area contributed by atoms with Crippen LogP contribution in [0.5, 0.6) is 0 Å². The third-order valence-corrected chi connectivity index (χ3v) is 3.11. The number of aliphatic carboxylic acids is 1. The second kappa shape index (κ2) is 7.12. The molecule has 0 aromatic rings. The lowest BCUT2D eigenvalue weighted by Crippen LogP contribution is -2.46. The molecule has 2 N–H and O–H groups in total. The van der Waals surface area contributed by atoms with E-state index in [-0.39, 0.29) is 12.0 Å². The predicted molar refractivity (Wildman–Crippen MR) is 61.9 cm³/mol. The number of hydrogen-bond acceptors (Lipinski definition) is 3. The molecule has 0 fully saturated rings. The zero-order valence-corrected chi connectivity index (χ0v) is 10.2. The molecule has 0 aliphatic carbocycles. The van der Waals surface area contributed by atoms with E-state index in [9.17, 15) is 4.79 Å².